The van der Waals surface area contributed by atoms with Gasteiger partial charge in [-0.15, -0.1) is 0 Å². The molecule has 1 atom stereocenters. The standard InChI is InChI=1S/C67H112O6/c1-4-7-10-13-16-19-22-25-28-31-33-36-38-41-44-47-50-53-56-59-65(68)71-62-64(73-67(70)61-58-55-52-49-46-43-40-35-30-27-24-21-18-15-12-9-6-3)63-72-66(69)60-57-54-51-48-45-42-39-37-34-32-29-26-23-20-17-14-11-8-5-2/h7,10,16,18-19,21,25,27-28,30,33,36,40-41,43-44,49,52,64H,4-6,8-9,11-15,17,20,22-24,26,29,31-32,34-35,37-39,42,45-48,50-51,53-63H2,1-3H3/b10-7-,19-16-,21-18-,28-25-,30-27-,36-33-,43-40-,44-41-,52-49-/t64-/m1/s1. The van der Waals surface area contributed by atoms with Gasteiger partial charge in [-0.3, -0.25) is 14.4 Å². The number of allylic oxidation sites excluding steroid dienone is 18. The smallest absolute Gasteiger partial charge is 0.306 e. The Hall–Kier alpha value is -3.93. The Kier molecular flexibility index (Phi) is 57.4. The second kappa shape index (κ2) is 60.6. The van der Waals surface area contributed by atoms with E-state index in [1.54, 1.807) is 0 Å². The first kappa shape index (κ1) is 69.1. The molecule has 0 unspecified atom stereocenters. The molecule has 0 aromatic heterocycles. The maximum atomic E-state index is 12.9. The van der Waals surface area contributed by atoms with E-state index in [1.807, 2.05) is 0 Å². The van der Waals surface area contributed by atoms with Crippen LogP contribution in [-0.4, -0.2) is 37.2 Å². The highest BCUT2D eigenvalue weighted by Gasteiger charge is 2.19. The number of rotatable bonds is 54. The van der Waals surface area contributed by atoms with E-state index in [1.165, 1.54) is 128 Å². The normalized spacial score (nSPS) is 12.9. The van der Waals surface area contributed by atoms with Crippen LogP contribution < -0.4 is 0 Å². The van der Waals surface area contributed by atoms with Crippen molar-refractivity contribution >= 4 is 17.9 Å². The van der Waals surface area contributed by atoms with Crippen LogP contribution in [-0.2, 0) is 28.6 Å². The van der Waals surface area contributed by atoms with Crippen molar-refractivity contribution in [1.29, 1.82) is 0 Å². The Labute approximate surface area is 450 Å². The van der Waals surface area contributed by atoms with Crippen molar-refractivity contribution in [3.05, 3.63) is 109 Å². The Bertz CT molecular complexity index is 1490. The van der Waals surface area contributed by atoms with E-state index < -0.39 is 6.10 Å². The zero-order valence-corrected chi connectivity index (χ0v) is 47.6. The Morgan fingerprint density at radius 1 is 0.288 bits per heavy atom. The third-order valence-electron chi connectivity index (χ3n) is 12.8. The fourth-order valence-electron chi connectivity index (χ4n) is 8.23. The van der Waals surface area contributed by atoms with Crippen LogP contribution in [0.3, 0.4) is 0 Å². The van der Waals surface area contributed by atoms with Crippen LogP contribution in [0.5, 0.6) is 0 Å². The molecule has 0 heterocycles. The molecule has 73 heavy (non-hydrogen) atoms. The zero-order chi connectivity index (χ0) is 52.9. The van der Waals surface area contributed by atoms with Gasteiger partial charge < -0.3 is 14.2 Å². The molecule has 0 spiro atoms. The molecule has 0 saturated carbocycles. The molecule has 0 aromatic rings. The van der Waals surface area contributed by atoms with E-state index >= 15 is 0 Å². The molecule has 6 nitrogen and oxygen atoms in total. The highest BCUT2D eigenvalue weighted by atomic mass is 16.6. The summed E-state index contributed by atoms with van der Waals surface area (Å²) < 4.78 is 16.8. The van der Waals surface area contributed by atoms with Crippen molar-refractivity contribution in [3.8, 4) is 0 Å². The lowest BCUT2D eigenvalue weighted by Crippen LogP contribution is -2.30. The average Bonchev–Trinajstić information content (AvgIpc) is 3.39. The van der Waals surface area contributed by atoms with E-state index in [4.69, 9.17) is 14.2 Å². The molecule has 6 heteroatoms. The first-order valence-corrected chi connectivity index (χ1v) is 30.4. The number of carbonyl (C=O) groups is 3. The summed E-state index contributed by atoms with van der Waals surface area (Å²) >= 11 is 0. The molecule has 0 fully saturated rings. The Morgan fingerprint density at radius 2 is 0.548 bits per heavy atom. The molecule has 0 amide bonds. The summed E-state index contributed by atoms with van der Waals surface area (Å²) in [6.07, 6.45) is 82.3. The van der Waals surface area contributed by atoms with Crippen LogP contribution in [0.25, 0.3) is 0 Å². The molecule has 0 saturated heterocycles. The van der Waals surface area contributed by atoms with Crippen molar-refractivity contribution in [2.75, 3.05) is 13.2 Å². The molecule has 0 aromatic carbocycles. The van der Waals surface area contributed by atoms with Crippen molar-refractivity contribution in [3.63, 3.8) is 0 Å². The molecule has 0 radical (unpaired) electrons. The van der Waals surface area contributed by atoms with Crippen LogP contribution in [0.15, 0.2) is 109 Å². The largest absolute Gasteiger partial charge is 0.462 e. The maximum Gasteiger partial charge on any atom is 0.306 e. The van der Waals surface area contributed by atoms with Crippen molar-refractivity contribution in [2.24, 2.45) is 0 Å². The van der Waals surface area contributed by atoms with Crippen molar-refractivity contribution in [1.82, 2.24) is 0 Å². The zero-order valence-electron chi connectivity index (χ0n) is 47.6. The minimum Gasteiger partial charge on any atom is -0.462 e. The second-order valence-corrected chi connectivity index (χ2v) is 19.9. The van der Waals surface area contributed by atoms with Gasteiger partial charge in [0.25, 0.3) is 0 Å². The predicted molar refractivity (Wildman–Crippen MR) is 316 cm³/mol. The first-order valence-electron chi connectivity index (χ1n) is 30.4. The summed E-state index contributed by atoms with van der Waals surface area (Å²) in [6.45, 7) is 6.44. The predicted octanol–water partition coefficient (Wildman–Crippen LogP) is 20.7. The van der Waals surface area contributed by atoms with Gasteiger partial charge >= 0.3 is 17.9 Å². The lowest BCUT2D eigenvalue weighted by Gasteiger charge is -2.18. The molecule has 0 rings (SSSR count). The van der Waals surface area contributed by atoms with Gasteiger partial charge in [0.1, 0.15) is 13.2 Å². The maximum absolute atomic E-state index is 12.9. The fraction of sp³-hybridized carbons (Fsp3) is 0.687. The van der Waals surface area contributed by atoms with Crippen LogP contribution in [0.4, 0.5) is 0 Å². The minimum absolute atomic E-state index is 0.110. The van der Waals surface area contributed by atoms with Crippen LogP contribution in [0, 0.1) is 0 Å². The molecular weight excluding hydrogens is 901 g/mol. The SMILES string of the molecule is CC/C=C\C/C=C\C/C=C\C/C=C\C/C=C\CCCCCC(=O)OC[C@H](COC(=O)CCCCCCCCCCCCCCCCCCCCC)OC(=O)CCC/C=C\C/C=C\C/C=C\C/C=C\CCCCC. The summed E-state index contributed by atoms with van der Waals surface area (Å²) in [4.78, 5) is 38.2. The molecule has 416 valence electrons. The van der Waals surface area contributed by atoms with Gasteiger partial charge in [-0.2, -0.15) is 0 Å². The van der Waals surface area contributed by atoms with Gasteiger partial charge in [-0.05, 0) is 103 Å². The van der Waals surface area contributed by atoms with Gasteiger partial charge in [-0.25, -0.2) is 0 Å². The summed E-state index contributed by atoms with van der Waals surface area (Å²) in [6, 6.07) is 0. The van der Waals surface area contributed by atoms with Gasteiger partial charge in [0.15, 0.2) is 6.10 Å². The molecule has 0 N–H and O–H groups in total. The highest BCUT2D eigenvalue weighted by molar-refractivity contribution is 5.71. The molecule has 0 bridgehead atoms. The fourth-order valence-corrected chi connectivity index (χ4v) is 8.23. The molecule has 0 aliphatic rings. The monoisotopic (exact) mass is 1010 g/mol. The van der Waals surface area contributed by atoms with Crippen molar-refractivity contribution in [2.45, 2.75) is 284 Å². The minimum atomic E-state index is -0.822. The van der Waals surface area contributed by atoms with E-state index in [0.29, 0.717) is 19.3 Å². The number of carbonyl (C=O) groups excluding carboxylic acids is 3. The molecule has 0 aliphatic carbocycles. The summed E-state index contributed by atoms with van der Waals surface area (Å²) in [7, 11) is 0. The van der Waals surface area contributed by atoms with Crippen LogP contribution in [0.2, 0.25) is 0 Å². The van der Waals surface area contributed by atoms with Gasteiger partial charge in [-0.1, -0.05) is 265 Å². The van der Waals surface area contributed by atoms with Gasteiger partial charge in [0.05, 0.1) is 0 Å². The van der Waals surface area contributed by atoms with E-state index in [-0.39, 0.29) is 37.5 Å². The number of hydrogen-bond donors (Lipinski definition) is 0. The first-order chi connectivity index (χ1) is 36.0. The Balaban J connectivity index is 4.51. The quantitative estimate of drug-likeness (QED) is 0.0261. The summed E-state index contributed by atoms with van der Waals surface area (Å²) in [5.41, 5.74) is 0. The topological polar surface area (TPSA) is 78.9 Å². The lowest BCUT2D eigenvalue weighted by atomic mass is 10.0. The number of hydrogen-bond acceptors (Lipinski definition) is 6. The van der Waals surface area contributed by atoms with Crippen LogP contribution >= 0.6 is 0 Å². The van der Waals surface area contributed by atoms with Crippen molar-refractivity contribution < 1.29 is 28.6 Å². The molecular formula is C67H112O6. The number of unbranched alkanes of at least 4 members (excludes halogenated alkanes) is 25. The average molecular weight is 1010 g/mol. The van der Waals surface area contributed by atoms with Gasteiger partial charge in [0, 0.05) is 19.3 Å². The number of ether oxygens (including phenoxy) is 3. The number of esters is 3. The van der Waals surface area contributed by atoms with Gasteiger partial charge in [0.2, 0.25) is 0 Å². The molecule has 0 aliphatic heterocycles. The second-order valence-electron chi connectivity index (χ2n) is 19.9. The highest BCUT2D eigenvalue weighted by Crippen LogP contribution is 2.16. The van der Waals surface area contributed by atoms with E-state index in [2.05, 4.69) is 130 Å². The van der Waals surface area contributed by atoms with E-state index in [9.17, 15) is 14.4 Å². The third kappa shape index (κ3) is 58.8. The lowest BCUT2D eigenvalue weighted by molar-refractivity contribution is -0.167. The summed E-state index contributed by atoms with van der Waals surface area (Å²) in [5.74, 6) is -0.994. The third-order valence-corrected chi connectivity index (χ3v) is 12.8. The van der Waals surface area contributed by atoms with Crippen LogP contribution in [0.1, 0.15) is 278 Å². The Morgan fingerprint density at radius 3 is 0.904 bits per heavy atom. The van der Waals surface area contributed by atoms with E-state index in [0.717, 1.165) is 103 Å². The summed E-state index contributed by atoms with van der Waals surface area (Å²) in [5, 5.41) is 0.